The Hall–Kier alpha value is -1.22. The van der Waals surface area contributed by atoms with Crippen LogP contribution in [0.25, 0.3) is 16.3 Å². The molecule has 0 amide bonds. The van der Waals surface area contributed by atoms with Crippen molar-refractivity contribution in [3.8, 4) is 10.6 Å². The Labute approximate surface area is 122 Å². The van der Waals surface area contributed by atoms with Gasteiger partial charge in [-0.25, -0.2) is 14.5 Å². The Kier molecular flexibility index (Phi) is 2.94. The summed E-state index contributed by atoms with van der Waals surface area (Å²) in [6.07, 6.45) is 3.63. The highest BCUT2D eigenvalue weighted by atomic mass is 127. The van der Waals surface area contributed by atoms with Crippen LogP contribution in [0.5, 0.6) is 0 Å². The minimum absolute atomic E-state index is 0.636. The van der Waals surface area contributed by atoms with E-state index >= 15 is 0 Å². The zero-order chi connectivity index (χ0) is 12.7. The maximum Gasteiger partial charge on any atom is 0.252 e. The fourth-order valence-electron chi connectivity index (χ4n) is 1.58. The molecule has 0 aliphatic heterocycles. The first-order valence-corrected chi connectivity index (χ1v) is 7.18. The van der Waals surface area contributed by atoms with Gasteiger partial charge in [0.05, 0.1) is 22.3 Å². The molecule has 0 radical (unpaired) electrons. The number of nitrogens with zero attached hydrogens (tertiary/aromatic N) is 5. The number of fused-ring (bicyclic) bond motifs is 1. The number of hydrogen-bond acceptors (Lipinski definition) is 5. The van der Waals surface area contributed by atoms with E-state index in [1.165, 1.54) is 5.00 Å². The predicted octanol–water partition coefficient (Wildman–Crippen LogP) is 2.52. The maximum atomic E-state index is 4.49. The van der Waals surface area contributed by atoms with E-state index in [1.54, 1.807) is 22.0 Å². The highest BCUT2D eigenvalue weighted by Crippen LogP contribution is 2.31. The van der Waals surface area contributed by atoms with Gasteiger partial charge in [-0.2, -0.15) is 5.10 Å². The van der Waals surface area contributed by atoms with E-state index in [2.05, 4.69) is 54.7 Å². The molecule has 0 unspecified atom stereocenters. The first kappa shape index (κ1) is 11.8. The summed E-state index contributed by atoms with van der Waals surface area (Å²) in [5, 5.41) is 5.45. The Morgan fingerprint density at radius 3 is 2.83 bits per heavy atom. The number of thiophene rings is 1. The molecule has 0 aliphatic rings. The van der Waals surface area contributed by atoms with Crippen LogP contribution in [0.1, 0.15) is 0 Å². The first-order valence-electron chi connectivity index (χ1n) is 5.29. The summed E-state index contributed by atoms with van der Waals surface area (Å²) >= 11 is 3.84. The molecule has 3 rings (SSSR count). The van der Waals surface area contributed by atoms with Crippen LogP contribution in [0.15, 0.2) is 24.5 Å². The van der Waals surface area contributed by atoms with Crippen LogP contribution in [0.4, 0.5) is 5.00 Å². The molecule has 92 valence electrons. The lowest BCUT2D eigenvalue weighted by atomic mass is 10.4. The van der Waals surface area contributed by atoms with Gasteiger partial charge < -0.3 is 4.90 Å². The minimum Gasteiger partial charge on any atom is -0.370 e. The van der Waals surface area contributed by atoms with Crippen molar-refractivity contribution in [2.45, 2.75) is 0 Å². The minimum atomic E-state index is 0.636. The van der Waals surface area contributed by atoms with Gasteiger partial charge in [0, 0.05) is 14.1 Å². The van der Waals surface area contributed by atoms with E-state index in [9.17, 15) is 0 Å². The van der Waals surface area contributed by atoms with Crippen molar-refractivity contribution in [1.29, 1.82) is 0 Å². The molecule has 0 bridgehead atoms. The number of aromatic nitrogens is 4. The second-order valence-electron chi connectivity index (χ2n) is 3.98. The van der Waals surface area contributed by atoms with Crippen molar-refractivity contribution < 1.29 is 0 Å². The van der Waals surface area contributed by atoms with Gasteiger partial charge >= 0.3 is 0 Å². The number of halogens is 1. The Morgan fingerprint density at radius 2 is 2.11 bits per heavy atom. The Bertz CT molecular complexity index is 702. The van der Waals surface area contributed by atoms with E-state index in [0.29, 0.717) is 5.78 Å². The molecule has 0 saturated heterocycles. The lowest BCUT2D eigenvalue weighted by Crippen LogP contribution is -2.05. The molecule has 3 aromatic heterocycles. The first-order chi connectivity index (χ1) is 8.63. The molecule has 0 atom stereocenters. The van der Waals surface area contributed by atoms with Crippen molar-refractivity contribution in [3.63, 3.8) is 0 Å². The molecule has 5 nitrogen and oxygen atoms in total. The van der Waals surface area contributed by atoms with Gasteiger partial charge in [-0.3, -0.25) is 0 Å². The number of imidazole rings is 1. The summed E-state index contributed by atoms with van der Waals surface area (Å²) in [4.78, 5) is 12.0. The van der Waals surface area contributed by atoms with Gasteiger partial charge in [-0.1, -0.05) is 0 Å². The molecule has 3 heterocycles. The van der Waals surface area contributed by atoms with Crippen molar-refractivity contribution >= 4 is 44.7 Å². The lowest BCUT2D eigenvalue weighted by Gasteiger charge is -2.06. The highest BCUT2D eigenvalue weighted by Gasteiger charge is 2.09. The Balaban J connectivity index is 2.07. The third-order valence-corrected chi connectivity index (χ3v) is 4.25. The largest absolute Gasteiger partial charge is 0.370 e. The molecule has 0 fully saturated rings. The van der Waals surface area contributed by atoms with Crippen LogP contribution >= 0.6 is 33.9 Å². The summed E-state index contributed by atoms with van der Waals surface area (Å²) in [5.74, 6) is 0.636. The number of hydrogen-bond donors (Lipinski definition) is 0. The van der Waals surface area contributed by atoms with Crippen molar-refractivity contribution in [2.24, 2.45) is 0 Å². The molecule has 0 aliphatic carbocycles. The number of anilines is 1. The molecular formula is C11H10IN5S. The third kappa shape index (κ3) is 2.07. The summed E-state index contributed by atoms with van der Waals surface area (Å²) in [7, 11) is 4.06. The van der Waals surface area contributed by atoms with E-state index in [1.807, 2.05) is 20.3 Å². The fourth-order valence-corrected chi connectivity index (χ4v) is 2.80. The molecule has 18 heavy (non-hydrogen) atoms. The average molecular weight is 371 g/mol. The smallest absolute Gasteiger partial charge is 0.252 e. The van der Waals surface area contributed by atoms with E-state index in [0.717, 1.165) is 14.3 Å². The van der Waals surface area contributed by atoms with Crippen LogP contribution in [0.3, 0.4) is 0 Å². The van der Waals surface area contributed by atoms with Crippen molar-refractivity contribution in [3.05, 3.63) is 28.2 Å². The van der Waals surface area contributed by atoms with Gasteiger partial charge in [-0.15, -0.1) is 11.3 Å². The lowest BCUT2D eigenvalue weighted by molar-refractivity contribution is 0.891. The molecule has 3 aromatic rings. The zero-order valence-electron chi connectivity index (χ0n) is 9.83. The van der Waals surface area contributed by atoms with E-state index in [-0.39, 0.29) is 0 Å². The summed E-state index contributed by atoms with van der Waals surface area (Å²) in [6, 6.07) is 4.17. The van der Waals surface area contributed by atoms with Gasteiger partial charge in [0.1, 0.15) is 9.39 Å². The molecule has 0 aromatic carbocycles. The summed E-state index contributed by atoms with van der Waals surface area (Å²) in [5.41, 5.74) is 0.912. The van der Waals surface area contributed by atoms with Gasteiger partial charge in [0.2, 0.25) is 0 Å². The zero-order valence-corrected chi connectivity index (χ0v) is 12.8. The quantitative estimate of drug-likeness (QED) is 0.650. The maximum absolute atomic E-state index is 4.49. The van der Waals surface area contributed by atoms with Crippen LogP contribution in [-0.2, 0) is 0 Å². The summed E-state index contributed by atoms with van der Waals surface area (Å²) < 4.78 is 2.55. The topological polar surface area (TPSA) is 46.3 Å². The van der Waals surface area contributed by atoms with Crippen LogP contribution in [0, 0.1) is 3.70 Å². The van der Waals surface area contributed by atoms with Crippen LogP contribution in [-0.4, -0.2) is 33.7 Å². The second-order valence-corrected chi connectivity index (χ2v) is 6.15. The van der Waals surface area contributed by atoms with Gasteiger partial charge in [-0.05, 0) is 34.7 Å². The third-order valence-electron chi connectivity index (χ3n) is 2.45. The molecule has 0 saturated carbocycles. The molecule has 0 N–H and O–H groups in total. The fraction of sp³-hybridized carbons (Fsp3) is 0.182. The SMILES string of the molecule is CN(C)c1ccc(-c2cn3ncc(I)nc3n2)s1. The van der Waals surface area contributed by atoms with E-state index in [4.69, 9.17) is 0 Å². The number of rotatable bonds is 2. The van der Waals surface area contributed by atoms with E-state index < -0.39 is 0 Å². The standard InChI is InChI=1S/C11H10IN5S/c1-16(2)10-4-3-8(18-10)7-6-17-11(14-7)15-9(12)5-13-17/h3-6H,1-2H3. The summed E-state index contributed by atoms with van der Waals surface area (Å²) in [6.45, 7) is 0. The average Bonchev–Trinajstić information content (AvgIpc) is 2.93. The van der Waals surface area contributed by atoms with Crippen molar-refractivity contribution in [2.75, 3.05) is 19.0 Å². The predicted molar refractivity (Wildman–Crippen MR) is 81.1 cm³/mol. The van der Waals surface area contributed by atoms with Crippen LogP contribution in [0.2, 0.25) is 0 Å². The molecule has 0 spiro atoms. The van der Waals surface area contributed by atoms with Gasteiger partial charge in [0.15, 0.2) is 0 Å². The second kappa shape index (κ2) is 4.47. The Morgan fingerprint density at radius 1 is 1.28 bits per heavy atom. The normalized spacial score (nSPS) is 11.1. The highest BCUT2D eigenvalue weighted by molar-refractivity contribution is 14.1. The molecule has 7 heteroatoms. The van der Waals surface area contributed by atoms with Crippen LogP contribution < -0.4 is 4.90 Å². The van der Waals surface area contributed by atoms with Gasteiger partial charge in [0.25, 0.3) is 5.78 Å². The van der Waals surface area contributed by atoms with Crippen molar-refractivity contribution in [1.82, 2.24) is 19.6 Å². The molecular weight excluding hydrogens is 361 g/mol. The monoisotopic (exact) mass is 371 g/mol.